The van der Waals surface area contributed by atoms with Gasteiger partial charge in [-0.25, -0.2) is 17.9 Å². The second-order valence-electron chi connectivity index (χ2n) is 7.00. The van der Waals surface area contributed by atoms with Gasteiger partial charge in [-0.05, 0) is 65.3 Å². The number of carbonyl (C=O) groups is 1. The Hall–Kier alpha value is -3.30. The smallest absolute Gasteiger partial charge is 0.321 e. The fourth-order valence-corrected chi connectivity index (χ4v) is 4.55. The number of amides is 1. The van der Waals surface area contributed by atoms with Gasteiger partial charge in [0.1, 0.15) is 5.69 Å². The van der Waals surface area contributed by atoms with E-state index in [1.807, 2.05) is 0 Å². The van der Waals surface area contributed by atoms with E-state index in [1.165, 1.54) is 43.3 Å². The highest BCUT2D eigenvalue weighted by molar-refractivity contribution is 9.10. The van der Waals surface area contributed by atoms with E-state index in [4.69, 9.17) is 11.6 Å². The molecule has 3 aromatic heterocycles. The molecule has 3 heterocycles. The van der Waals surface area contributed by atoms with Crippen LogP contribution < -0.4 is 10.0 Å². The standard InChI is InChI=1S/C19H12BrClF3N7O3S/c1-9-8-12(19(22,23)24)31-17(25-9)15(20)16(29-31)18(32)26-10-2-4-11(5-3-10)35(33,34)30-14-7-6-13(21)27-28-14/h2-8H,1H3,(H,26,32)(H,28,30). The quantitative estimate of drug-likeness (QED) is 0.354. The topological polar surface area (TPSA) is 131 Å². The number of halogens is 5. The van der Waals surface area contributed by atoms with E-state index in [9.17, 15) is 26.4 Å². The minimum atomic E-state index is -4.72. The summed E-state index contributed by atoms with van der Waals surface area (Å²) in [6, 6.07) is 8.53. The molecular formula is C19H12BrClF3N7O3S. The van der Waals surface area contributed by atoms with Crippen molar-refractivity contribution < 1.29 is 26.4 Å². The molecule has 0 saturated carbocycles. The molecule has 0 fully saturated rings. The van der Waals surface area contributed by atoms with Crippen LogP contribution in [0.1, 0.15) is 21.9 Å². The molecule has 0 aliphatic rings. The lowest BCUT2D eigenvalue weighted by Gasteiger charge is -2.09. The SMILES string of the molecule is Cc1cc(C(F)(F)F)n2nc(C(=O)Nc3ccc(S(=O)(=O)Nc4ccc(Cl)nn4)cc3)c(Br)c2n1. The number of alkyl halides is 3. The van der Waals surface area contributed by atoms with Crippen LogP contribution >= 0.6 is 27.5 Å². The number of nitrogens with zero attached hydrogens (tertiary/aromatic N) is 5. The highest BCUT2D eigenvalue weighted by Crippen LogP contribution is 2.32. The number of benzene rings is 1. The zero-order valence-corrected chi connectivity index (χ0v) is 20.5. The van der Waals surface area contributed by atoms with E-state index in [1.54, 1.807) is 0 Å². The van der Waals surface area contributed by atoms with Crippen LogP contribution in [0, 0.1) is 6.92 Å². The van der Waals surface area contributed by atoms with Gasteiger partial charge in [0.2, 0.25) is 0 Å². The predicted octanol–water partition coefficient (Wildman–Crippen LogP) is 4.32. The van der Waals surface area contributed by atoms with Crippen molar-refractivity contribution in [1.29, 1.82) is 0 Å². The largest absolute Gasteiger partial charge is 0.433 e. The summed E-state index contributed by atoms with van der Waals surface area (Å²) in [6.45, 7) is 1.39. The van der Waals surface area contributed by atoms with Crippen molar-refractivity contribution >= 4 is 60.6 Å². The summed E-state index contributed by atoms with van der Waals surface area (Å²) < 4.78 is 68.0. The molecule has 1 aromatic carbocycles. The Morgan fingerprint density at radius 2 is 1.80 bits per heavy atom. The number of aromatic nitrogens is 5. The predicted molar refractivity (Wildman–Crippen MR) is 123 cm³/mol. The van der Waals surface area contributed by atoms with Crippen LogP contribution in [-0.4, -0.2) is 39.1 Å². The van der Waals surface area contributed by atoms with E-state index in [2.05, 4.69) is 46.2 Å². The summed E-state index contributed by atoms with van der Waals surface area (Å²) >= 11 is 8.72. The van der Waals surface area contributed by atoms with E-state index in [-0.39, 0.29) is 43.1 Å². The Labute approximate surface area is 208 Å². The molecule has 16 heteroatoms. The zero-order chi connectivity index (χ0) is 25.5. The fourth-order valence-electron chi connectivity index (χ4n) is 2.93. The number of anilines is 2. The maximum atomic E-state index is 13.4. The van der Waals surface area contributed by atoms with Crippen molar-refractivity contribution in [3.05, 3.63) is 69.2 Å². The number of hydrogen-bond donors (Lipinski definition) is 2. The van der Waals surface area contributed by atoms with Gasteiger partial charge in [0, 0.05) is 11.4 Å². The molecule has 2 N–H and O–H groups in total. The Bertz CT molecular complexity index is 1540. The molecule has 0 radical (unpaired) electrons. The lowest BCUT2D eigenvalue weighted by atomic mass is 10.3. The summed E-state index contributed by atoms with van der Waals surface area (Å²) in [5.74, 6) is -0.885. The molecule has 10 nitrogen and oxygen atoms in total. The summed E-state index contributed by atoms with van der Waals surface area (Å²) in [7, 11) is -4.02. The molecule has 0 aliphatic heterocycles. The number of nitrogens with one attached hydrogen (secondary N) is 2. The van der Waals surface area contributed by atoms with Crippen molar-refractivity contribution in [3.8, 4) is 0 Å². The first-order valence-electron chi connectivity index (χ1n) is 9.42. The molecule has 0 unspecified atom stereocenters. The van der Waals surface area contributed by atoms with Gasteiger partial charge in [-0.3, -0.25) is 9.52 Å². The molecular weight excluding hydrogens is 579 g/mol. The highest BCUT2D eigenvalue weighted by atomic mass is 79.9. The van der Waals surface area contributed by atoms with Crippen LogP contribution in [-0.2, 0) is 16.2 Å². The third-order valence-corrected chi connectivity index (χ3v) is 6.76. The first-order valence-corrected chi connectivity index (χ1v) is 12.1. The molecule has 1 amide bonds. The van der Waals surface area contributed by atoms with E-state index < -0.39 is 27.8 Å². The van der Waals surface area contributed by atoms with Crippen LogP contribution in [0.4, 0.5) is 24.7 Å². The van der Waals surface area contributed by atoms with Crippen molar-refractivity contribution in [1.82, 2.24) is 24.8 Å². The Kier molecular flexibility index (Phi) is 6.42. The third-order valence-electron chi connectivity index (χ3n) is 4.46. The average molecular weight is 591 g/mol. The van der Waals surface area contributed by atoms with Gasteiger partial charge >= 0.3 is 6.18 Å². The van der Waals surface area contributed by atoms with Crippen LogP contribution in [0.15, 0.2) is 51.8 Å². The van der Waals surface area contributed by atoms with Crippen molar-refractivity contribution in [3.63, 3.8) is 0 Å². The summed E-state index contributed by atoms with van der Waals surface area (Å²) in [5.41, 5.74) is -1.35. The minimum Gasteiger partial charge on any atom is -0.321 e. The van der Waals surface area contributed by atoms with Crippen molar-refractivity contribution in [2.45, 2.75) is 18.0 Å². The minimum absolute atomic E-state index is 0.0309. The summed E-state index contributed by atoms with van der Waals surface area (Å²) in [6.07, 6.45) is -4.72. The van der Waals surface area contributed by atoms with Gasteiger partial charge in [-0.2, -0.15) is 18.3 Å². The first kappa shape index (κ1) is 24.8. The fraction of sp³-hybridized carbons (Fsp3) is 0.105. The molecule has 182 valence electrons. The van der Waals surface area contributed by atoms with Crippen molar-refractivity contribution in [2.75, 3.05) is 10.0 Å². The van der Waals surface area contributed by atoms with E-state index in [0.717, 1.165) is 6.07 Å². The number of carbonyl (C=O) groups excluding carboxylic acids is 1. The number of rotatable bonds is 5. The number of sulfonamides is 1. The lowest BCUT2D eigenvalue weighted by Crippen LogP contribution is -2.16. The van der Waals surface area contributed by atoms with E-state index in [0.29, 0.717) is 4.52 Å². The number of aryl methyl sites for hydroxylation is 1. The molecule has 0 bridgehead atoms. The summed E-state index contributed by atoms with van der Waals surface area (Å²) in [5, 5.41) is 13.5. The second kappa shape index (κ2) is 9.05. The molecule has 0 atom stereocenters. The normalized spacial score (nSPS) is 12.1. The van der Waals surface area contributed by atoms with Crippen LogP contribution in [0.25, 0.3) is 5.65 Å². The van der Waals surface area contributed by atoms with Gasteiger partial charge < -0.3 is 5.32 Å². The molecule has 0 aliphatic carbocycles. The molecule has 4 aromatic rings. The monoisotopic (exact) mass is 589 g/mol. The van der Waals surface area contributed by atoms with Gasteiger partial charge in [0.05, 0.1) is 9.37 Å². The maximum absolute atomic E-state index is 13.4. The number of hydrogen-bond acceptors (Lipinski definition) is 7. The molecule has 0 saturated heterocycles. The molecule has 4 rings (SSSR count). The van der Waals surface area contributed by atoms with Crippen LogP contribution in [0.2, 0.25) is 5.15 Å². The Morgan fingerprint density at radius 1 is 1.11 bits per heavy atom. The van der Waals surface area contributed by atoms with Gasteiger partial charge in [0.25, 0.3) is 15.9 Å². The van der Waals surface area contributed by atoms with Crippen molar-refractivity contribution in [2.24, 2.45) is 0 Å². The Balaban J connectivity index is 1.57. The second-order valence-corrected chi connectivity index (χ2v) is 9.87. The van der Waals surface area contributed by atoms with Crippen LogP contribution in [0.5, 0.6) is 0 Å². The Morgan fingerprint density at radius 3 is 2.40 bits per heavy atom. The maximum Gasteiger partial charge on any atom is 0.433 e. The van der Waals surface area contributed by atoms with Crippen LogP contribution in [0.3, 0.4) is 0 Å². The van der Waals surface area contributed by atoms with Gasteiger partial charge in [-0.1, -0.05) is 11.6 Å². The lowest BCUT2D eigenvalue weighted by molar-refractivity contribution is -0.142. The molecule has 0 spiro atoms. The summed E-state index contributed by atoms with van der Waals surface area (Å²) in [4.78, 5) is 16.6. The first-order chi connectivity index (χ1) is 16.3. The third kappa shape index (κ3) is 5.21. The zero-order valence-electron chi connectivity index (χ0n) is 17.3. The number of fused-ring (bicyclic) bond motifs is 1. The average Bonchev–Trinajstić information content (AvgIpc) is 3.11. The van der Waals surface area contributed by atoms with Gasteiger partial charge in [-0.15, -0.1) is 10.2 Å². The molecule has 35 heavy (non-hydrogen) atoms. The highest BCUT2D eigenvalue weighted by Gasteiger charge is 2.36. The van der Waals surface area contributed by atoms with Gasteiger partial charge in [0.15, 0.2) is 22.3 Å². The van der Waals surface area contributed by atoms with E-state index >= 15 is 0 Å².